The molecule has 7 nitrogen and oxygen atoms in total. The molecule has 7 heteroatoms. The second-order valence-electron chi connectivity index (χ2n) is 4.06. The third-order valence-electron chi connectivity index (χ3n) is 2.51. The fourth-order valence-corrected chi connectivity index (χ4v) is 1.51. The second kappa shape index (κ2) is 7.53. The number of hydrogen-bond donors (Lipinski definition) is 0. The van der Waals surface area contributed by atoms with Crippen LogP contribution in [-0.2, 0) is 4.74 Å². The first-order valence-corrected chi connectivity index (χ1v) is 6.31. The average molecular weight is 300 g/mol. The van der Waals surface area contributed by atoms with Gasteiger partial charge in [0.05, 0.1) is 11.6 Å². The molecule has 2 heterocycles. The Kier molecular flexibility index (Phi) is 5.20. The molecule has 0 saturated heterocycles. The van der Waals surface area contributed by atoms with Crippen LogP contribution in [0.15, 0.2) is 59.3 Å². The molecule has 0 radical (unpaired) electrons. The Morgan fingerprint density at radius 2 is 2.23 bits per heavy atom. The van der Waals surface area contributed by atoms with Gasteiger partial charge in [0.15, 0.2) is 0 Å². The summed E-state index contributed by atoms with van der Waals surface area (Å²) in [6.45, 7) is 0.108. The van der Waals surface area contributed by atoms with Crippen molar-refractivity contribution in [3.05, 3.63) is 76.3 Å². The lowest BCUT2D eigenvalue weighted by molar-refractivity contribution is -0.402. The first kappa shape index (κ1) is 15.2. The van der Waals surface area contributed by atoms with Crippen molar-refractivity contribution in [2.24, 2.45) is 0 Å². The standard InChI is InChI=1S/C15H12N2O5/c18-15(12-5-4-9-16-11-12)21-10-3-1-2-6-13-7-8-14(22-13)17(19)20/h1-9,11H,10H2. The molecule has 0 N–H and O–H groups in total. The van der Waals surface area contributed by atoms with Crippen molar-refractivity contribution in [3.8, 4) is 0 Å². The Labute approximate surface area is 125 Å². The van der Waals surface area contributed by atoms with E-state index in [1.54, 1.807) is 42.6 Å². The fraction of sp³-hybridized carbons (Fsp3) is 0.0667. The SMILES string of the molecule is O=C(OCC=CC=Cc1ccc([N+](=O)[O-])o1)c1cccnc1. The minimum Gasteiger partial charge on any atom is -0.458 e. The molecule has 0 atom stereocenters. The van der Waals surface area contributed by atoms with Crippen molar-refractivity contribution >= 4 is 17.9 Å². The lowest BCUT2D eigenvalue weighted by atomic mass is 10.3. The zero-order chi connectivity index (χ0) is 15.8. The summed E-state index contributed by atoms with van der Waals surface area (Å²) in [5, 5.41) is 10.4. The summed E-state index contributed by atoms with van der Waals surface area (Å²) in [5.41, 5.74) is 0.384. The van der Waals surface area contributed by atoms with Gasteiger partial charge in [0.25, 0.3) is 0 Å². The smallest absolute Gasteiger partial charge is 0.433 e. The number of hydrogen-bond acceptors (Lipinski definition) is 6. The molecule has 0 saturated carbocycles. The van der Waals surface area contributed by atoms with Crippen molar-refractivity contribution in [1.82, 2.24) is 4.98 Å². The van der Waals surface area contributed by atoms with E-state index in [-0.39, 0.29) is 12.5 Å². The summed E-state index contributed by atoms with van der Waals surface area (Å²) in [6.07, 6.45) is 9.45. The van der Waals surface area contributed by atoms with Gasteiger partial charge in [-0.05, 0) is 30.4 Å². The van der Waals surface area contributed by atoms with Crippen LogP contribution in [0.2, 0.25) is 0 Å². The number of nitro groups is 1. The van der Waals surface area contributed by atoms with E-state index in [1.807, 2.05) is 0 Å². The molecule has 0 aliphatic carbocycles. The maximum absolute atomic E-state index is 11.6. The largest absolute Gasteiger partial charge is 0.458 e. The van der Waals surface area contributed by atoms with Gasteiger partial charge < -0.3 is 9.15 Å². The Balaban J connectivity index is 1.77. The van der Waals surface area contributed by atoms with Crippen LogP contribution >= 0.6 is 0 Å². The van der Waals surface area contributed by atoms with E-state index in [0.717, 1.165) is 0 Å². The summed E-state index contributed by atoms with van der Waals surface area (Å²) < 4.78 is 9.94. The number of nitrogens with zero attached hydrogens (tertiary/aromatic N) is 2. The van der Waals surface area contributed by atoms with Crippen molar-refractivity contribution < 1.29 is 18.9 Å². The van der Waals surface area contributed by atoms with Gasteiger partial charge in [-0.1, -0.05) is 12.2 Å². The molecule has 0 spiro atoms. The van der Waals surface area contributed by atoms with Crippen LogP contribution in [0.4, 0.5) is 5.88 Å². The highest BCUT2D eigenvalue weighted by atomic mass is 16.6. The molecule has 0 aromatic carbocycles. The number of pyridine rings is 1. The molecule has 22 heavy (non-hydrogen) atoms. The summed E-state index contributed by atoms with van der Waals surface area (Å²) in [4.78, 5) is 25.2. The number of ether oxygens (including phenoxy) is 1. The number of esters is 1. The van der Waals surface area contributed by atoms with Gasteiger partial charge in [0.2, 0.25) is 0 Å². The number of carbonyl (C=O) groups excluding carboxylic acids is 1. The molecule has 0 bridgehead atoms. The minimum absolute atomic E-state index is 0.108. The van der Waals surface area contributed by atoms with Crippen LogP contribution in [0.25, 0.3) is 6.08 Å². The van der Waals surface area contributed by atoms with Crippen molar-refractivity contribution in [3.63, 3.8) is 0 Å². The summed E-state index contributed by atoms with van der Waals surface area (Å²) in [6, 6.07) is 6.03. The van der Waals surface area contributed by atoms with E-state index in [9.17, 15) is 14.9 Å². The Morgan fingerprint density at radius 3 is 2.91 bits per heavy atom. The van der Waals surface area contributed by atoms with Gasteiger partial charge in [-0.3, -0.25) is 15.1 Å². The molecular formula is C15H12N2O5. The second-order valence-corrected chi connectivity index (χ2v) is 4.06. The highest BCUT2D eigenvalue weighted by molar-refractivity contribution is 5.88. The Hall–Kier alpha value is -3.22. The molecular weight excluding hydrogens is 288 g/mol. The van der Waals surface area contributed by atoms with Crippen molar-refractivity contribution in [1.29, 1.82) is 0 Å². The molecule has 0 amide bonds. The van der Waals surface area contributed by atoms with E-state index in [2.05, 4.69) is 4.98 Å². The van der Waals surface area contributed by atoms with Gasteiger partial charge in [0, 0.05) is 12.4 Å². The van der Waals surface area contributed by atoms with Gasteiger partial charge in [-0.25, -0.2) is 4.79 Å². The van der Waals surface area contributed by atoms with E-state index in [0.29, 0.717) is 11.3 Å². The number of carbonyl (C=O) groups is 1. The quantitative estimate of drug-likeness (QED) is 0.352. The minimum atomic E-state index is -0.606. The van der Waals surface area contributed by atoms with Crippen molar-refractivity contribution in [2.75, 3.05) is 6.61 Å². The highest BCUT2D eigenvalue weighted by Gasteiger charge is 2.09. The number of rotatable bonds is 6. The number of allylic oxidation sites excluding steroid dienone is 2. The van der Waals surface area contributed by atoms with Crippen molar-refractivity contribution in [2.45, 2.75) is 0 Å². The predicted octanol–water partition coefficient (Wildman–Crippen LogP) is 3.01. The van der Waals surface area contributed by atoms with Gasteiger partial charge in [-0.2, -0.15) is 0 Å². The van der Waals surface area contributed by atoms with E-state index in [1.165, 1.54) is 18.3 Å². The average Bonchev–Trinajstić information content (AvgIpc) is 3.00. The Bertz CT molecular complexity index is 704. The Morgan fingerprint density at radius 1 is 1.36 bits per heavy atom. The number of aromatic nitrogens is 1. The van der Waals surface area contributed by atoms with Gasteiger partial charge >= 0.3 is 11.9 Å². The van der Waals surface area contributed by atoms with E-state index >= 15 is 0 Å². The summed E-state index contributed by atoms with van der Waals surface area (Å²) in [7, 11) is 0. The van der Waals surface area contributed by atoms with E-state index < -0.39 is 10.9 Å². The monoisotopic (exact) mass is 300 g/mol. The maximum Gasteiger partial charge on any atom is 0.433 e. The zero-order valence-corrected chi connectivity index (χ0v) is 11.4. The molecule has 2 aromatic heterocycles. The molecule has 2 rings (SSSR count). The third-order valence-corrected chi connectivity index (χ3v) is 2.51. The topological polar surface area (TPSA) is 95.5 Å². The molecule has 0 aliphatic heterocycles. The van der Waals surface area contributed by atoms with Crippen LogP contribution in [0.5, 0.6) is 0 Å². The molecule has 112 valence electrons. The molecule has 0 unspecified atom stereocenters. The first-order valence-electron chi connectivity index (χ1n) is 6.31. The predicted molar refractivity (Wildman–Crippen MR) is 78.1 cm³/mol. The zero-order valence-electron chi connectivity index (χ0n) is 11.4. The van der Waals surface area contributed by atoms with Crippen LogP contribution in [0, 0.1) is 10.1 Å². The number of furan rings is 1. The molecule has 2 aromatic rings. The lowest BCUT2D eigenvalue weighted by Crippen LogP contribution is -2.04. The van der Waals surface area contributed by atoms with Crippen LogP contribution in [0.1, 0.15) is 16.1 Å². The molecule has 0 fully saturated rings. The third kappa shape index (κ3) is 4.41. The maximum atomic E-state index is 11.6. The van der Waals surface area contributed by atoms with E-state index in [4.69, 9.17) is 9.15 Å². The fourth-order valence-electron chi connectivity index (χ4n) is 1.51. The normalized spacial score (nSPS) is 11.1. The van der Waals surface area contributed by atoms with Crippen LogP contribution in [-0.4, -0.2) is 22.5 Å². The summed E-state index contributed by atoms with van der Waals surface area (Å²) >= 11 is 0. The van der Waals surface area contributed by atoms with Gasteiger partial charge in [-0.15, -0.1) is 0 Å². The molecule has 0 aliphatic rings. The van der Waals surface area contributed by atoms with Crippen LogP contribution < -0.4 is 0 Å². The first-order chi connectivity index (χ1) is 10.7. The summed E-state index contributed by atoms with van der Waals surface area (Å²) in [5.74, 6) is -0.402. The van der Waals surface area contributed by atoms with Gasteiger partial charge in [0.1, 0.15) is 17.3 Å². The lowest BCUT2D eigenvalue weighted by Gasteiger charge is -1.99. The highest BCUT2D eigenvalue weighted by Crippen LogP contribution is 2.16. The van der Waals surface area contributed by atoms with Crippen LogP contribution in [0.3, 0.4) is 0 Å².